The minimum atomic E-state index is -0.515. The lowest BCUT2D eigenvalue weighted by molar-refractivity contribution is -0.116. The summed E-state index contributed by atoms with van der Waals surface area (Å²) in [6.45, 7) is 7.37. The summed E-state index contributed by atoms with van der Waals surface area (Å²) in [6.07, 6.45) is 6.87. The summed E-state index contributed by atoms with van der Waals surface area (Å²) < 4.78 is 31.8. The molecule has 2 heterocycles. The predicted molar refractivity (Wildman–Crippen MR) is 146 cm³/mol. The highest BCUT2D eigenvalue weighted by molar-refractivity contribution is 6.30. The Labute approximate surface area is 222 Å². The van der Waals surface area contributed by atoms with Crippen LogP contribution in [0, 0.1) is 18.6 Å². The van der Waals surface area contributed by atoms with Crippen molar-refractivity contribution < 1.29 is 13.6 Å². The number of rotatable bonds is 10. The maximum atomic E-state index is 14.9. The largest absolute Gasteiger partial charge is 0.328 e. The average molecular weight is 529 g/mol. The molecule has 1 aliphatic rings. The van der Waals surface area contributed by atoms with Crippen molar-refractivity contribution in [1.82, 2.24) is 14.5 Å². The Morgan fingerprint density at radius 2 is 1.78 bits per heavy atom. The number of halogens is 3. The number of carbonyl (C=O) groups excluding carboxylic acids is 1. The fourth-order valence-corrected chi connectivity index (χ4v) is 5.11. The summed E-state index contributed by atoms with van der Waals surface area (Å²) in [5, 5.41) is 3.16. The molecule has 37 heavy (non-hydrogen) atoms. The van der Waals surface area contributed by atoms with Gasteiger partial charge < -0.3 is 14.8 Å². The molecule has 1 N–H and O–H groups in total. The second kappa shape index (κ2) is 12.7. The zero-order chi connectivity index (χ0) is 26.4. The summed E-state index contributed by atoms with van der Waals surface area (Å²) in [5.74, 6) is -0.441. The summed E-state index contributed by atoms with van der Waals surface area (Å²) in [6, 6.07) is 8.99. The van der Waals surface area contributed by atoms with Crippen molar-refractivity contribution in [3.63, 3.8) is 0 Å². The van der Waals surface area contributed by atoms with Crippen LogP contribution in [0.5, 0.6) is 0 Å². The van der Waals surface area contributed by atoms with Gasteiger partial charge in [-0.1, -0.05) is 37.8 Å². The third kappa shape index (κ3) is 6.76. The number of aryl methyl sites for hydroxylation is 1. The predicted octanol–water partition coefficient (Wildman–Crippen LogP) is 7.46. The molecule has 0 saturated carbocycles. The highest BCUT2D eigenvalue weighted by Gasteiger charge is 2.22. The van der Waals surface area contributed by atoms with Gasteiger partial charge in [0.2, 0.25) is 5.91 Å². The van der Waals surface area contributed by atoms with Crippen LogP contribution in [-0.4, -0.2) is 40.0 Å². The second-order valence-electron chi connectivity index (χ2n) is 9.73. The summed E-state index contributed by atoms with van der Waals surface area (Å²) in [5.41, 5.74) is 2.18. The van der Waals surface area contributed by atoms with Gasteiger partial charge >= 0.3 is 0 Å². The number of hydrogen-bond acceptors (Lipinski definition) is 3. The number of amides is 1. The second-order valence-corrected chi connectivity index (χ2v) is 10.2. The fourth-order valence-electron chi connectivity index (χ4n) is 4.94. The number of imidazole rings is 1. The van der Waals surface area contributed by atoms with Crippen molar-refractivity contribution in [2.24, 2.45) is 0 Å². The van der Waals surface area contributed by atoms with Crippen molar-refractivity contribution in [2.45, 2.75) is 65.3 Å². The van der Waals surface area contributed by atoms with Gasteiger partial charge in [-0.15, -0.1) is 0 Å². The molecule has 1 saturated heterocycles. The lowest BCUT2D eigenvalue weighted by atomic mass is 10.0. The molecule has 2 aromatic carbocycles. The van der Waals surface area contributed by atoms with E-state index in [0.717, 1.165) is 51.0 Å². The standard InChI is InChI=1S/C29H35ClF2N4O/c1-3-4-6-16-36-20(2)33-28(23-19-22(30)10-12-24(23)31)29(36)21-9-11-25(32)26(18-21)34-27(37)13-17-35-14-7-5-8-15-35/h9-12,18-19H,3-8,13-17H2,1-2H3,(H,34,37). The van der Waals surface area contributed by atoms with Crippen molar-refractivity contribution in [3.8, 4) is 22.5 Å². The SMILES string of the molecule is CCCCCn1c(C)nc(-c2cc(Cl)ccc2F)c1-c1ccc(F)c(NC(=O)CCN2CCCCC2)c1. The quantitative estimate of drug-likeness (QED) is 0.278. The number of nitrogens with one attached hydrogen (secondary N) is 1. The molecule has 0 radical (unpaired) electrons. The van der Waals surface area contributed by atoms with Gasteiger partial charge in [0.25, 0.3) is 0 Å². The number of nitrogens with zero attached hydrogens (tertiary/aromatic N) is 3. The van der Waals surface area contributed by atoms with Crippen LogP contribution < -0.4 is 5.32 Å². The van der Waals surface area contributed by atoms with Crippen LogP contribution in [0.2, 0.25) is 5.02 Å². The highest BCUT2D eigenvalue weighted by atomic mass is 35.5. The number of benzene rings is 2. The number of carbonyl (C=O) groups is 1. The van der Waals surface area contributed by atoms with Crippen LogP contribution in [0.1, 0.15) is 57.7 Å². The van der Waals surface area contributed by atoms with Crippen LogP contribution in [0.15, 0.2) is 36.4 Å². The molecular formula is C29H35ClF2N4O. The Hall–Kier alpha value is -2.77. The number of anilines is 1. The minimum absolute atomic E-state index is 0.109. The van der Waals surface area contributed by atoms with E-state index in [1.807, 2.05) is 11.5 Å². The Bertz CT molecular complexity index is 1240. The van der Waals surface area contributed by atoms with Gasteiger partial charge in [0.15, 0.2) is 0 Å². The summed E-state index contributed by atoms with van der Waals surface area (Å²) >= 11 is 6.20. The van der Waals surface area contributed by atoms with Crippen molar-refractivity contribution in [2.75, 3.05) is 25.0 Å². The van der Waals surface area contributed by atoms with Crippen LogP contribution in [-0.2, 0) is 11.3 Å². The zero-order valence-electron chi connectivity index (χ0n) is 21.6. The number of piperidine rings is 1. The lowest BCUT2D eigenvalue weighted by Gasteiger charge is -2.26. The van der Waals surface area contributed by atoms with E-state index < -0.39 is 11.6 Å². The molecule has 1 amide bonds. The van der Waals surface area contributed by atoms with E-state index in [1.165, 1.54) is 24.6 Å². The van der Waals surface area contributed by atoms with Crippen molar-refractivity contribution in [3.05, 3.63) is 58.9 Å². The van der Waals surface area contributed by atoms with E-state index >= 15 is 0 Å². The Morgan fingerprint density at radius 1 is 1.03 bits per heavy atom. The van der Waals surface area contributed by atoms with Gasteiger partial charge in [0.1, 0.15) is 17.5 Å². The Kier molecular flexibility index (Phi) is 9.33. The molecule has 0 spiro atoms. The molecule has 0 aliphatic carbocycles. The maximum absolute atomic E-state index is 14.9. The third-order valence-electron chi connectivity index (χ3n) is 6.94. The number of aromatic nitrogens is 2. The van der Waals surface area contributed by atoms with Gasteiger partial charge in [-0.25, -0.2) is 13.8 Å². The lowest BCUT2D eigenvalue weighted by Crippen LogP contribution is -2.32. The van der Waals surface area contributed by atoms with Crippen LogP contribution in [0.4, 0.5) is 14.5 Å². The van der Waals surface area contributed by atoms with Crippen molar-refractivity contribution in [1.29, 1.82) is 0 Å². The minimum Gasteiger partial charge on any atom is -0.328 e. The van der Waals surface area contributed by atoms with E-state index in [0.29, 0.717) is 41.5 Å². The van der Waals surface area contributed by atoms with Gasteiger partial charge in [0, 0.05) is 35.7 Å². The Morgan fingerprint density at radius 3 is 2.54 bits per heavy atom. The first-order valence-electron chi connectivity index (χ1n) is 13.2. The molecule has 0 bridgehead atoms. The van der Waals surface area contributed by atoms with E-state index in [2.05, 4.69) is 17.1 Å². The van der Waals surface area contributed by atoms with Crippen LogP contribution in [0.3, 0.4) is 0 Å². The van der Waals surface area contributed by atoms with E-state index in [9.17, 15) is 13.6 Å². The van der Waals surface area contributed by atoms with Gasteiger partial charge in [-0.2, -0.15) is 0 Å². The summed E-state index contributed by atoms with van der Waals surface area (Å²) in [7, 11) is 0. The molecule has 1 aromatic heterocycles. The molecule has 4 rings (SSSR count). The van der Waals surface area contributed by atoms with E-state index in [1.54, 1.807) is 18.2 Å². The molecule has 1 aliphatic heterocycles. The zero-order valence-corrected chi connectivity index (χ0v) is 22.4. The molecule has 3 aromatic rings. The number of unbranched alkanes of at least 4 members (excludes halogenated alkanes) is 2. The Balaban J connectivity index is 1.66. The average Bonchev–Trinajstić information content (AvgIpc) is 3.22. The normalized spacial score (nSPS) is 14.2. The smallest absolute Gasteiger partial charge is 0.225 e. The van der Waals surface area contributed by atoms with Crippen molar-refractivity contribution >= 4 is 23.2 Å². The molecule has 5 nitrogen and oxygen atoms in total. The molecule has 198 valence electrons. The maximum Gasteiger partial charge on any atom is 0.225 e. The highest BCUT2D eigenvalue weighted by Crippen LogP contribution is 2.37. The van der Waals surface area contributed by atoms with Gasteiger partial charge in [-0.3, -0.25) is 4.79 Å². The monoisotopic (exact) mass is 528 g/mol. The fraction of sp³-hybridized carbons (Fsp3) is 0.448. The topological polar surface area (TPSA) is 50.2 Å². The first kappa shape index (κ1) is 27.3. The third-order valence-corrected chi connectivity index (χ3v) is 7.18. The van der Waals surface area contributed by atoms with Crippen LogP contribution in [0.25, 0.3) is 22.5 Å². The molecule has 1 fully saturated rings. The van der Waals surface area contributed by atoms with Crippen LogP contribution >= 0.6 is 11.6 Å². The molecule has 8 heteroatoms. The van der Waals surface area contributed by atoms with E-state index in [-0.39, 0.29) is 17.2 Å². The number of hydrogen-bond donors (Lipinski definition) is 1. The van der Waals surface area contributed by atoms with E-state index in [4.69, 9.17) is 16.6 Å². The number of likely N-dealkylation sites (tertiary alicyclic amines) is 1. The summed E-state index contributed by atoms with van der Waals surface area (Å²) in [4.78, 5) is 19.7. The first-order chi connectivity index (χ1) is 17.9. The first-order valence-corrected chi connectivity index (χ1v) is 13.6. The molecule has 0 unspecified atom stereocenters. The molecular weight excluding hydrogens is 494 g/mol. The van der Waals surface area contributed by atoms with Gasteiger partial charge in [-0.05, 0) is 75.7 Å². The molecule has 0 atom stereocenters. The van der Waals surface area contributed by atoms with Gasteiger partial charge in [0.05, 0.1) is 17.1 Å².